The Balaban J connectivity index is 2.36. The molecule has 0 saturated carbocycles. The minimum Gasteiger partial charge on any atom is -0.377 e. The van der Waals surface area contributed by atoms with Crippen molar-refractivity contribution in [2.24, 2.45) is 0 Å². The van der Waals surface area contributed by atoms with Gasteiger partial charge in [0.15, 0.2) is 0 Å². The van der Waals surface area contributed by atoms with E-state index in [1.165, 1.54) is 0 Å². The number of rotatable bonds is 2. The Kier molecular flexibility index (Phi) is 2.84. The second kappa shape index (κ2) is 3.49. The maximum Gasteiger partial charge on any atom is 0.304 e. The molecular formula is C6H11FO3S. The van der Waals surface area contributed by atoms with Crippen LogP contribution >= 0.6 is 0 Å². The molecule has 3 nitrogen and oxygen atoms in total. The van der Waals surface area contributed by atoms with Crippen LogP contribution in [-0.2, 0) is 15.0 Å². The van der Waals surface area contributed by atoms with E-state index in [2.05, 4.69) is 0 Å². The number of hydrogen-bond donors (Lipinski definition) is 0. The molecular weight excluding hydrogens is 171 g/mol. The topological polar surface area (TPSA) is 43.4 Å². The Bertz CT molecular complexity index is 206. The van der Waals surface area contributed by atoms with Gasteiger partial charge in [0.05, 0.1) is 6.10 Å². The van der Waals surface area contributed by atoms with E-state index >= 15 is 0 Å². The van der Waals surface area contributed by atoms with Gasteiger partial charge in [-0.25, -0.2) is 0 Å². The Morgan fingerprint density at radius 1 is 1.45 bits per heavy atom. The van der Waals surface area contributed by atoms with Gasteiger partial charge in [-0.05, 0) is 19.3 Å². The van der Waals surface area contributed by atoms with Crippen molar-refractivity contribution < 1.29 is 17.0 Å². The van der Waals surface area contributed by atoms with E-state index in [1.807, 2.05) is 0 Å². The lowest BCUT2D eigenvalue weighted by Gasteiger charge is -2.20. The van der Waals surface area contributed by atoms with Gasteiger partial charge in [-0.2, -0.15) is 8.42 Å². The first-order chi connectivity index (χ1) is 5.08. The number of hydrogen-bond acceptors (Lipinski definition) is 3. The summed E-state index contributed by atoms with van der Waals surface area (Å²) >= 11 is 0. The highest BCUT2D eigenvalue weighted by Gasteiger charge is 2.20. The van der Waals surface area contributed by atoms with Gasteiger partial charge in [0.1, 0.15) is 5.75 Å². The molecule has 0 aromatic rings. The van der Waals surface area contributed by atoms with E-state index < -0.39 is 22.1 Å². The Morgan fingerprint density at radius 3 is 2.64 bits per heavy atom. The van der Waals surface area contributed by atoms with Crippen LogP contribution < -0.4 is 0 Å². The minimum absolute atomic E-state index is 0.418. The summed E-state index contributed by atoms with van der Waals surface area (Å²) in [5.74, 6) is -0.479. The van der Waals surface area contributed by atoms with Gasteiger partial charge < -0.3 is 4.74 Å². The van der Waals surface area contributed by atoms with Crippen LogP contribution in [0.25, 0.3) is 0 Å². The van der Waals surface area contributed by atoms with Crippen LogP contribution in [0.3, 0.4) is 0 Å². The summed E-state index contributed by atoms with van der Waals surface area (Å²) in [6, 6.07) is 0. The van der Waals surface area contributed by atoms with Crippen molar-refractivity contribution in [2.75, 3.05) is 12.4 Å². The molecule has 1 heterocycles. The van der Waals surface area contributed by atoms with E-state index in [-0.39, 0.29) is 0 Å². The minimum atomic E-state index is -4.35. The molecule has 0 N–H and O–H groups in total. The van der Waals surface area contributed by atoms with E-state index in [0.29, 0.717) is 13.0 Å². The molecule has 11 heavy (non-hydrogen) atoms. The summed E-state index contributed by atoms with van der Waals surface area (Å²) in [6.45, 7) is 0.556. The Morgan fingerprint density at radius 2 is 2.18 bits per heavy atom. The van der Waals surface area contributed by atoms with E-state index in [9.17, 15) is 12.3 Å². The first-order valence-corrected chi connectivity index (χ1v) is 5.17. The zero-order valence-electron chi connectivity index (χ0n) is 6.12. The predicted octanol–water partition coefficient (Wildman–Crippen LogP) is 0.855. The molecule has 0 spiro atoms. The van der Waals surface area contributed by atoms with Gasteiger partial charge in [-0.15, -0.1) is 3.89 Å². The van der Waals surface area contributed by atoms with Crippen LogP contribution in [0.1, 0.15) is 19.3 Å². The first kappa shape index (κ1) is 8.93. The van der Waals surface area contributed by atoms with E-state index in [0.717, 1.165) is 12.8 Å². The molecule has 0 bridgehead atoms. The van der Waals surface area contributed by atoms with Crippen molar-refractivity contribution in [3.05, 3.63) is 0 Å². The smallest absolute Gasteiger partial charge is 0.304 e. The molecule has 1 aliphatic rings. The van der Waals surface area contributed by atoms with Crippen LogP contribution in [0, 0.1) is 0 Å². The standard InChI is InChI=1S/C6H11FO3S/c7-11(8,9)5-6-3-1-2-4-10-6/h6H,1-5H2. The average Bonchev–Trinajstić information content (AvgIpc) is 1.85. The molecule has 1 rings (SSSR count). The fraction of sp³-hybridized carbons (Fsp3) is 1.00. The molecule has 0 aromatic heterocycles. The molecule has 66 valence electrons. The quantitative estimate of drug-likeness (QED) is 0.595. The highest BCUT2D eigenvalue weighted by molar-refractivity contribution is 7.86. The molecule has 0 radical (unpaired) electrons. The van der Waals surface area contributed by atoms with Gasteiger partial charge in [0, 0.05) is 6.61 Å². The first-order valence-electron chi connectivity index (χ1n) is 3.62. The highest BCUT2D eigenvalue weighted by atomic mass is 32.3. The zero-order chi connectivity index (χ0) is 8.32. The van der Waals surface area contributed by atoms with Crippen LogP contribution in [0.15, 0.2) is 0 Å². The average molecular weight is 182 g/mol. The van der Waals surface area contributed by atoms with Crippen molar-refractivity contribution in [3.63, 3.8) is 0 Å². The second-order valence-electron chi connectivity index (χ2n) is 2.69. The van der Waals surface area contributed by atoms with Gasteiger partial charge in [-0.1, -0.05) is 0 Å². The largest absolute Gasteiger partial charge is 0.377 e. The Hall–Kier alpha value is -0.160. The Labute approximate surface area is 65.8 Å². The highest BCUT2D eigenvalue weighted by Crippen LogP contribution is 2.14. The summed E-state index contributed by atoms with van der Waals surface area (Å²) in [7, 11) is -4.35. The molecule has 1 fully saturated rings. The molecule has 0 aliphatic carbocycles. The predicted molar refractivity (Wildman–Crippen MR) is 38.5 cm³/mol. The molecule has 1 unspecified atom stereocenters. The van der Waals surface area contributed by atoms with Gasteiger partial charge in [-0.3, -0.25) is 0 Å². The summed E-state index contributed by atoms with van der Waals surface area (Å²) in [5, 5.41) is 0. The van der Waals surface area contributed by atoms with Crippen LogP contribution in [0.5, 0.6) is 0 Å². The van der Waals surface area contributed by atoms with Crippen molar-refractivity contribution in [1.29, 1.82) is 0 Å². The maximum atomic E-state index is 12.1. The van der Waals surface area contributed by atoms with Crippen molar-refractivity contribution >= 4 is 10.2 Å². The fourth-order valence-corrected chi connectivity index (χ4v) is 1.87. The van der Waals surface area contributed by atoms with Crippen LogP contribution in [-0.4, -0.2) is 26.9 Å². The van der Waals surface area contributed by atoms with Crippen molar-refractivity contribution in [3.8, 4) is 0 Å². The van der Waals surface area contributed by atoms with E-state index in [4.69, 9.17) is 4.74 Å². The lowest BCUT2D eigenvalue weighted by atomic mass is 10.1. The zero-order valence-corrected chi connectivity index (χ0v) is 6.94. The van der Waals surface area contributed by atoms with Crippen LogP contribution in [0.4, 0.5) is 3.89 Å². The third kappa shape index (κ3) is 3.67. The third-order valence-electron chi connectivity index (χ3n) is 1.66. The molecule has 0 aromatic carbocycles. The molecule has 1 atom stereocenters. The number of halogens is 1. The van der Waals surface area contributed by atoms with Gasteiger partial charge >= 0.3 is 10.2 Å². The summed E-state index contributed by atoms with van der Waals surface area (Å²) in [5.41, 5.74) is 0. The molecule has 1 saturated heterocycles. The summed E-state index contributed by atoms with van der Waals surface area (Å²) in [4.78, 5) is 0. The molecule has 1 aliphatic heterocycles. The van der Waals surface area contributed by atoms with Gasteiger partial charge in [0.25, 0.3) is 0 Å². The lowest BCUT2D eigenvalue weighted by Crippen LogP contribution is -2.25. The van der Waals surface area contributed by atoms with Gasteiger partial charge in [0.2, 0.25) is 0 Å². The van der Waals surface area contributed by atoms with Crippen molar-refractivity contribution in [2.45, 2.75) is 25.4 Å². The second-order valence-corrected chi connectivity index (χ2v) is 4.11. The maximum absolute atomic E-state index is 12.1. The number of ether oxygens (including phenoxy) is 1. The summed E-state index contributed by atoms with van der Waals surface area (Å²) in [6.07, 6.45) is 2.12. The third-order valence-corrected chi connectivity index (χ3v) is 2.43. The van der Waals surface area contributed by atoms with Crippen molar-refractivity contribution in [1.82, 2.24) is 0 Å². The fourth-order valence-electron chi connectivity index (χ4n) is 1.16. The SMILES string of the molecule is O=S(=O)(F)CC1CCCCO1. The monoisotopic (exact) mass is 182 g/mol. The lowest BCUT2D eigenvalue weighted by molar-refractivity contribution is 0.0301. The van der Waals surface area contributed by atoms with Crippen LogP contribution in [0.2, 0.25) is 0 Å². The normalized spacial score (nSPS) is 26.8. The molecule has 5 heteroatoms. The van der Waals surface area contributed by atoms with E-state index in [1.54, 1.807) is 0 Å². The molecule has 0 amide bonds. The summed E-state index contributed by atoms with van der Waals surface area (Å²) < 4.78 is 37.4.